The first-order chi connectivity index (χ1) is 10.0. The first-order valence-electron chi connectivity index (χ1n) is 6.50. The van der Waals surface area contributed by atoms with Gasteiger partial charge in [0, 0.05) is 25.9 Å². The highest BCUT2D eigenvalue weighted by molar-refractivity contribution is 5.95. The molecule has 2 N–H and O–H groups in total. The largest absolute Gasteiger partial charge is 0.478 e. The topological polar surface area (TPSA) is 78.9 Å². The highest BCUT2D eigenvalue weighted by Crippen LogP contribution is 2.19. The first-order valence-corrected chi connectivity index (χ1v) is 6.50. The SMILES string of the molecule is C=CCN(CCOC)C(=O)Nc1cccc(C(=O)O)c1C. The van der Waals surface area contributed by atoms with Crippen LogP contribution in [0, 0.1) is 6.92 Å². The molecule has 1 aromatic carbocycles. The van der Waals surface area contributed by atoms with Crippen LogP contribution in [0.4, 0.5) is 10.5 Å². The number of nitrogens with zero attached hydrogens (tertiary/aromatic N) is 1. The van der Waals surface area contributed by atoms with Crippen LogP contribution in [0.3, 0.4) is 0 Å². The van der Waals surface area contributed by atoms with Gasteiger partial charge in [0.1, 0.15) is 0 Å². The normalized spacial score (nSPS) is 10.0. The van der Waals surface area contributed by atoms with Gasteiger partial charge in [-0.2, -0.15) is 0 Å². The van der Waals surface area contributed by atoms with Crippen molar-refractivity contribution in [1.29, 1.82) is 0 Å². The van der Waals surface area contributed by atoms with Gasteiger partial charge >= 0.3 is 12.0 Å². The van der Waals surface area contributed by atoms with E-state index in [2.05, 4.69) is 11.9 Å². The van der Waals surface area contributed by atoms with Gasteiger partial charge in [0.2, 0.25) is 0 Å². The van der Waals surface area contributed by atoms with Gasteiger partial charge in [-0.15, -0.1) is 6.58 Å². The summed E-state index contributed by atoms with van der Waals surface area (Å²) >= 11 is 0. The van der Waals surface area contributed by atoms with E-state index in [0.29, 0.717) is 30.9 Å². The number of amides is 2. The number of urea groups is 1. The van der Waals surface area contributed by atoms with Gasteiger partial charge in [0.05, 0.1) is 12.2 Å². The molecule has 6 nitrogen and oxygen atoms in total. The van der Waals surface area contributed by atoms with E-state index >= 15 is 0 Å². The number of rotatable bonds is 7. The first kappa shape index (κ1) is 16.7. The summed E-state index contributed by atoms with van der Waals surface area (Å²) in [7, 11) is 1.56. The molecule has 0 spiro atoms. The number of aromatic carboxylic acids is 1. The molecule has 0 saturated carbocycles. The molecule has 0 fully saturated rings. The minimum Gasteiger partial charge on any atom is -0.478 e. The summed E-state index contributed by atoms with van der Waals surface area (Å²) in [6.07, 6.45) is 1.62. The Hall–Kier alpha value is -2.34. The van der Waals surface area contributed by atoms with Gasteiger partial charge in [0.25, 0.3) is 0 Å². The van der Waals surface area contributed by atoms with Crippen molar-refractivity contribution in [3.8, 4) is 0 Å². The Kier molecular flexibility index (Phi) is 6.42. The van der Waals surface area contributed by atoms with E-state index in [0.717, 1.165) is 0 Å². The van der Waals surface area contributed by atoms with Crippen molar-refractivity contribution < 1.29 is 19.4 Å². The lowest BCUT2D eigenvalue weighted by Crippen LogP contribution is -2.37. The zero-order valence-electron chi connectivity index (χ0n) is 12.3. The monoisotopic (exact) mass is 292 g/mol. The fourth-order valence-corrected chi connectivity index (χ4v) is 1.83. The van der Waals surface area contributed by atoms with E-state index in [4.69, 9.17) is 9.84 Å². The lowest BCUT2D eigenvalue weighted by molar-refractivity contribution is 0.0696. The molecule has 0 aromatic heterocycles. The third-order valence-electron chi connectivity index (χ3n) is 3.01. The summed E-state index contributed by atoms with van der Waals surface area (Å²) in [4.78, 5) is 24.8. The van der Waals surface area contributed by atoms with Gasteiger partial charge in [0.15, 0.2) is 0 Å². The lowest BCUT2D eigenvalue weighted by atomic mass is 10.1. The van der Waals surface area contributed by atoms with Crippen LogP contribution in [0.1, 0.15) is 15.9 Å². The number of nitrogens with one attached hydrogen (secondary N) is 1. The lowest BCUT2D eigenvalue weighted by Gasteiger charge is -2.22. The number of benzene rings is 1. The molecule has 0 unspecified atom stereocenters. The van der Waals surface area contributed by atoms with Crippen molar-refractivity contribution in [1.82, 2.24) is 4.90 Å². The van der Waals surface area contributed by atoms with Crippen molar-refractivity contribution in [3.63, 3.8) is 0 Å². The van der Waals surface area contributed by atoms with Crippen molar-refractivity contribution in [2.45, 2.75) is 6.92 Å². The molecule has 114 valence electrons. The second-order valence-corrected chi connectivity index (χ2v) is 4.44. The van der Waals surface area contributed by atoms with Crippen LogP contribution in [0.15, 0.2) is 30.9 Å². The maximum atomic E-state index is 12.2. The molecule has 0 heterocycles. The van der Waals surface area contributed by atoms with Crippen LogP contribution in [0.25, 0.3) is 0 Å². The molecule has 0 aliphatic carbocycles. The van der Waals surface area contributed by atoms with Crippen molar-refractivity contribution >= 4 is 17.7 Å². The number of carbonyl (C=O) groups excluding carboxylic acids is 1. The van der Waals surface area contributed by atoms with Crippen LogP contribution in [0.5, 0.6) is 0 Å². The summed E-state index contributed by atoms with van der Waals surface area (Å²) in [5, 5.41) is 11.8. The van der Waals surface area contributed by atoms with Crippen LogP contribution >= 0.6 is 0 Å². The minimum absolute atomic E-state index is 0.167. The van der Waals surface area contributed by atoms with Gasteiger partial charge in [-0.3, -0.25) is 0 Å². The van der Waals surface area contributed by atoms with Crippen molar-refractivity contribution in [2.75, 3.05) is 32.1 Å². The van der Waals surface area contributed by atoms with Gasteiger partial charge in [-0.25, -0.2) is 9.59 Å². The van der Waals surface area contributed by atoms with E-state index in [9.17, 15) is 9.59 Å². The number of hydrogen-bond acceptors (Lipinski definition) is 3. The predicted molar refractivity (Wildman–Crippen MR) is 80.8 cm³/mol. The van der Waals surface area contributed by atoms with Crippen LogP contribution in [-0.2, 0) is 4.74 Å². The number of carboxylic acids is 1. The molecule has 1 rings (SSSR count). The standard InChI is InChI=1S/C15H20N2O4/c1-4-8-17(9-10-21-3)15(20)16-13-7-5-6-12(11(13)2)14(18)19/h4-7H,1,8-10H2,2-3H3,(H,16,20)(H,18,19). The Morgan fingerprint density at radius 1 is 1.48 bits per heavy atom. The number of ether oxygens (including phenoxy) is 1. The molecule has 0 saturated heterocycles. The molecule has 0 bridgehead atoms. The van der Waals surface area contributed by atoms with Crippen molar-refractivity contribution in [3.05, 3.63) is 42.0 Å². The van der Waals surface area contributed by atoms with Gasteiger partial charge in [-0.05, 0) is 24.6 Å². The maximum absolute atomic E-state index is 12.2. The Morgan fingerprint density at radius 2 is 2.19 bits per heavy atom. The zero-order valence-corrected chi connectivity index (χ0v) is 12.3. The van der Waals surface area contributed by atoms with Crippen molar-refractivity contribution in [2.24, 2.45) is 0 Å². The smallest absolute Gasteiger partial charge is 0.336 e. The Morgan fingerprint density at radius 3 is 2.76 bits per heavy atom. The number of methoxy groups -OCH3 is 1. The number of hydrogen-bond donors (Lipinski definition) is 2. The van der Waals surface area contributed by atoms with E-state index in [-0.39, 0.29) is 11.6 Å². The Labute approximate surface area is 124 Å². The average Bonchev–Trinajstić information content (AvgIpc) is 2.45. The van der Waals surface area contributed by atoms with E-state index in [1.807, 2.05) is 0 Å². The van der Waals surface area contributed by atoms with E-state index in [1.54, 1.807) is 32.2 Å². The predicted octanol–water partition coefficient (Wildman–Crippen LogP) is 2.36. The van der Waals surface area contributed by atoms with Crippen LogP contribution in [0.2, 0.25) is 0 Å². The van der Waals surface area contributed by atoms with E-state index < -0.39 is 5.97 Å². The van der Waals surface area contributed by atoms with E-state index in [1.165, 1.54) is 11.0 Å². The number of carbonyl (C=O) groups is 2. The molecule has 21 heavy (non-hydrogen) atoms. The summed E-state index contributed by atoms with van der Waals surface area (Å²) in [6.45, 7) is 6.49. The second kappa shape index (κ2) is 8.06. The maximum Gasteiger partial charge on any atom is 0.336 e. The fourth-order valence-electron chi connectivity index (χ4n) is 1.83. The number of carboxylic acid groups (broad SMARTS) is 1. The Balaban J connectivity index is 2.88. The third kappa shape index (κ3) is 4.61. The Bertz CT molecular complexity index is 528. The fraction of sp³-hybridized carbons (Fsp3) is 0.333. The summed E-state index contributed by atoms with van der Waals surface area (Å²) in [5.41, 5.74) is 1.16. The highest BCUT2D eigenvalue weighted by atomic mass is 16.5. The molecule has 0 radical (unpaired) electrons. The van der Waals surface area contributed by atoms with Gasteiger partial charge < -0.3 is 20.1 Å². The molecule has 0 aliphatic heterocycles. The summed E-state index contributed by atoms with van der Waals surface area (Å²) in [5.74, 6) is -1.02. The molecule has 2 amide bonds. The molecule has 1 aromatic rings. The number of anilines is 1. The third-order valence-corrected chi connectivity index (χ3v) is 3.01. The second-order valence-electron chi connectivity index (χ2n) is 4.44. The highest BCUT2D eigenvalue weighted by Gasteiger charge is 2.15. The minimum atomic E-state index is -1.02. The van der Waals surface area contributed by atoms with Crippen LogP contribution in [-0.4, -0.2) is 48.8 Å². The quantitative estimate of drug-likeness (QED) is 0.756. The van der Waals surface area contributed by atoms with Crippen LogP contribution < -0.4 is 5.32 Å². The molecule has 0 atom stereocenters. The van der Waals surface area contributed by atoms with Gasteiger partial charge in [-0.1, -0.05) is 12.1 Å². The zero-order chi connectivity index (χ0) is 15.8. The molecule has 6 heteroatoms. The summed E-state index contributed by atoms with van der Waals surface area (Å²) < 4.78 is 4.96. The molecule has 0 aliphatic rings. The molecular formula is C15H20N2O4. The summed E-state index contributed by atoms with van der Waals surface area (Å²) in [6, 6.07) is 4.44. The molecular weight excluding hydrogens is 272 g/mol. The average molecular weight is 292 g/mol.